The Labute approximate surface area is 125 Å². The quantitative estimate of drug-likeness (QED) is 0.645. The van der Waals surface area contributed by atoms with Gasteiger partial charge < -0.3 is 4.43 Å². The Balaban J connectivity index is 2.16. The topological polar surface area (TPSA) is 9.23 Å². The van der Waals surface area contributed by atoms with Gasteiger partial charge in [-0.05, 0) is 36.5 Å². The zero-order valence-corrected chi connectivity index (χ0v) is 14.8. The van der Waals surface area contributed by atoms with Crippen molar-refractivity contribution < 1.29 is 4.43 Å². The van der Waals surface area contributed by atoms with Gasteiger partial charge in [-0.15, -0.1) is 0 Å². The van der Waals surface area contributed by atoms with E-state index in [4.69, 9.17) is 4.43 Å². The molecule has 1 aromatic carbocycles. The van der Waals surface area contributed by atoms with E-state index in [-0.39, 0.29) is 0 Å². The lowest BCUT2D eigenvalue weighted by Gasteiger charge is -2.43. The summed E-state index contributed by atoms with van der Waals surface area (Å²) < 4.78 is 6.75. The van der Waals surface area contributed by atoms with Gasteiger partial charge in [0, 0.05) is 5.92 Å². The first-order valence-electron chi connectivity index (χ1n) is 8.04. The summed E-state index contributed by atoms with van der Waals surface area (Å²) in [4.78, 5) is 0. The van der Waals surface area contributed by atoms with Crippen LogP contribution in [0.15, 0.2) is 30.3 Å². The highest BCUT2D eigenvalue weighted by Gasteiger charge is 2.41. The van der Waals surface area contributed by atoms with Crippen LogP contribution in [0.5, 0.6) is 0 Å². The van der Waals surface area contributed by atoms with Crippen molar-refractivity contribution in [1.29, 1.82) is 0 Å². The van der Waals surface area contributed by atoms with Crippen LogP contribution in [-0.2, 0) is 4.43 Å². The molecule has 1 fully saturated rings. The lowest BCUT2D eigenvalue weighted by atomic mass is 9.82. The molecule has 0 heterocycles. The van der Waals surface area contributed by atoms with Gasteiger partial charge >= 0.3 is 0 Å². The fourth-order valence-corrected chi connectivity index (χ4v) is 4.27. The number of hydrogen-bond acceptors (Lipinski definition) is 1. The van der Waals surface area contributed by atoms with Gasteiger partial charge in [-0.1, -0.05) is 63.9 Å². The van der Waals surface area contributed by atoms with Crippen molar-refractivity contribution in [3.05, 3.63) is 35.9 Å². The van der Waals surface area contributed by atoms with E-state index >= 15 is 0 Å². The molecule has 1 aliphatic rings. The average Bonchev–Trinajstić information content (AvgIpc) is 2.38. The van der Waals surface area contributed by atoms with Crippen LogP contribution in [0.2, 0.25) is 18.1 Å². The van der Waals surface area contributed by atoms with Gasteiger partial charge in [0.15, 0.2) is 8.32 Å². The zero-order chi connectivity index (χ0) is 14.8. The molecule has 2 heteroatoms. The molecule has 112 valence electrons. The smallest absolute Gasteiger partial charge is 0.192 e. The fourth-order valence-electron chi connectivity index (χ4n) is 2.87. The van der Waals surface area contributed by atoms with E-state index in [1.807, 2.05) is 0 Å². The molecule has 0 N–H and O–H groups in total. The standard InChI is InChI=1S/C18H30OSi/c1-18(2,3)20(4,5)19-17-14-10-9-13-16(17)15-11-7-6-8-12-15/h6-8,11-12,16-17H,9-10,13-14H2,1-5H3/t16-,17+/m0/s1. The minimum atomic E-state index is -1.67. The second kappa shape index (κ2) is 6.03. The predicted molar refractivity (Wildman–Crippen MR) is 89.7 cm³/mol. The SMILES string of the molecule is CC(C)(C)[Si](C)(C)O[C@@H]1CCCC[C@H]1c1ccccc1. The molecule has 0 spiro atoms. The normalized spacial score (nSPS) is 24.6. The Bertz CT molecular complexity index is 419. The van der Waals surface area contributed by atoms with E-state index in [1.54, 1.807) is 0 Å². The molecule has 1 saturated carbocycles. The maximum absolute atomic E-state index is 6.75. The zero-order valence-electron chi connectivity index (χ0n) is 13.8. The Morgan fingerprint density at radius 3 is 2.20 bits per heavy atom. The summed E-state index contributed by atoms with van der Waals surface area (Å²) in [7, 11) is -1.67. The highest BCUT2D eigenvalue weighted by Crippen LogP contribution is 2.42. The van der Waals surface area contributed by atoms with Crippen LogP contribution < -0.4 is 0 Å². The van der Waals surface area contributed by atoms with E-state index in [0.29, 0.717) is 17.1 Å². The molecule has 1 aliphatic carbocycles. The summed E-state index contributed by atoms with van der Waals surface area (Å²) >= 11 is 0. The molecular formula is C18H30OSi. The maximum atomic E-state index is 6.75. The molecule has 0 radical (unpaired) electrons. The first-order valence-corrected chi connectivity index (χ1v) is 10.9. The summed E-state index contributed by atoms with van der Waals surface area (Å²) in [6, 6.07) is 11.0. The third-order valence-corrected chi connectivity index (χ3v) is 9.69. The Morgan fingerprint density at radius 1 is 1.00 bits per heavy atom. The molecule has 2 rings (SSSR count). The largest absolute Gasteiger partial charge is 0.413 e. The van der Waals surface area contributed by atoms with Crippen LogP contribution in [0.25, 0.3) is 0 Å². The molecule has 0 unspecified atom stereocenters. The third-order valence-electron chi connectivity index (χ3n) is 5.18. The molecule has 0 amide bonds. The van der Waals surface area contributed by atoms with Gasteiger partial charge in [0.2, 0.25) is 0 Å². The summed E-state index contributed by atoms with van der Waals surface area (Å²) in [5.74, 6) is 0.596. The summed E-state index contributed by atoms with van der Waals surface area (Å²) in [5.41, 5.74) is 1.47. The second-order valence-corrected chi connectivity index (χ2v) is 12.5. The molecular weight excluding hydrogens is 260 g/mol. The van der Waals surface area contributed by atoms with Crippen LogP contribution in [0.4, 0.5) is 0 Å². The molecule has 0 saturated heterocycles. The molecule has 20 heavy (non-hydrogen) atoms. The number of benzene rings is 1. The third kappa shape index (κ3) is 3.53. The van der Waals surface area contributed by atoms with Crippen molar-refractivity contribution in [2.45, 2.75) is 76.6 Å². The monoisotopic (exact) mass is 290 g/mol. The van der Waals surface area contributed by atoms with Crippen LogP contribution in [0.1, 0.15) is 57.9 Å². The highest BCUT2D eigenvalue weighted by atomic mass is 28.4. The summed E-state index contributed by atoms with van der Waals surface area (Å²) in [5, 5.41) is 0.297. The molecule has 0 aromatic heterocycles. The summed E-state index contributed by atoms with van der Waals surface area (Å²) in [6.45, 7) is 11.8. The first kappa shape index (κ1) is 15.8. The number of rotatable bonds is 3. The van der Waals surface area contributed by atoms with Crippen molar-refractivity contribution in [3.8, 4) is 0 Å². The molecule has 0 aliphatic heterocycles. The average molecular weight is 291 g/mol. The van der Waals surface area contributed by atoms with Gasteiger partial charge in [-0.2, -0.15) is 0 Å². The van der Waals surface area contributed by atoms with Gasteiger partial charge in [0.05, 0.1) is 6.10 Å². The molecule has 2 atom stereocenters. The Hall–Kier alpha value is -0.603. The second-order valence-electron chi connectivity index (χ2n) is 7.72. The first-order chi connectivity index (χ1) is 9.31. The summed E-state index contributed by atoms with van der Waals surface area (Å²) in [6.07, 6.45) is 5.60. The lowest BCUT2D eigenvalue weighted by molar-refractivity contribution is 0.114. The van der Waals surface area contributed by atoms with Gasteiger partial charge in [0.1, 0.15) is 0 Å². The van der Waals surface area contributed by atoms with Gasteiger partial charge in [0.25, 0.3) is 0 Å². The van der Waals surface area contributed by atoms with E-state index in [1.165, 1.54) is 31.2 Å². The van der Waals surface area contributed by atoms with Gasteiger partial charge in [-0.25, -0.2) is 0 Å². The van der Waals surface area contributed by atoms with E-state index < -0.39 is 8.32 Å². The number of hydrogen-bond donors (Lipinski definition) is 0. The van der Waals surface area contributed by atoms with Crippen LogP contribution in [0.3, 0.4) is 0 Å². The molecule has 0 bridgehead atoms. The van der Waals surface area contributed by atoms with E-state index in [0.717, 1.165) is 0 Å². The van der Waals surface area contributed by atoms with Gasteiger partial charge in [-0.3, -0.25) is 0 Å². The van der Waals surface area contributed by atoms with Crippen LogP contribution in [0, 0.1) is 0 Å². The van der Waals surface area contributed by atoms with Crippen molar-refractivity contribution in [3.63, 3.8) is 0 Å². The van der Waals surface area contributed by atoms with Crippen LogP contribution >= 0.6 is 0 Å². The molecule has 1 nitrogen and oxygen atoms in total. The predicted octanol–water partition coefficient (Wildman–Crippen LogP) is 5.73. The Morgan fingerprint density at radius 2 is 1.60 bits per heavy atom. The van der Waals surface area contributed by atoms with Crippen molar-refractivity contribution in [1.82, 2.24) is 0 Å². The van der Waals surface area contributed by atoms with Crippen molar-refractivity contribution in [2.75, 3.05) is 0 Å². The Kier molecular flexibility index (Phi) is 4.75. The fraction of sp³-hybridized carbons (Fsp3) is 0.667. The van der Waals surface area contributed by atoms with Crippen molar-refractivity contribution >= 4 is 8.32 Å². The maximum Gasteiger partial charge on any atom is 0.192 e. The molecule has 1 aromatic rings. The van der Waals surface area contributed by atoms with E-state index in [2.05, 4.69) is 64.2 Å². The highest BCUT2D eigenvalue weighted by molar-refractivity contribution is 6.74. The minimum absolute atomic E-state index is 0.297. The van der Waals surface area contributed by atoms with Crippen molar-refractivity contribution in [2.24, 2.45) is 0 Å². The lowest BCUT2D eigenvalue weighted by Crippen LogP contribution is -2.46. The van der Waals surface area contributed by atoms with E-state index in [9.17, 15) is 0 Å². The van der Waals surface area contributed by atoms with Crippen LogP contribution in [-0.4, -0.2) is 14.4 Å². The minimum Gasteiger partial charge on any atom is -0.413 e.